The molecule has 120 valence electrons. The lowest BCUT2D eigenvalue weighted by Crippen LogP contribution is -2.28. The van der Waals surface area contributed by atoms with Crippen LogP contribution in [0.3, 0.4) is 0 Å². The highest BCUT2D eigenvalue weighted by Gasteiger charge is 2.42. The van der Waals surface area contributed by atoms with Crippen LogP contribution in [0.1, 0.15) is 39.2 Å². The van der Waals surface area contributed by atoms with E-state index in [9.17, 15) is 4.55 Å². The van der Waals surface area contributed by atoms with E-state index in [0.717, 1.165) is 26.1 Å². The number of benzene rings is 1. The molecule has 0 radical (unpaired) electrons. The topological polar surface area (TPSA) is 38.7 Å². The lowest BCUT2D eigenvalue weighted by molar-refractivity contribution is 0.312. The molecule has 1 aliphatic carbocycles. The molecule has 0 bridgehead atoms. The molecule has 0 amide bonds. The maximum atomic E-state index is 12.3. The van der Waals surface area contributed by atoms with Gasteiger partial charge in [-0.1, -0.05) is 34.7 Å². The van der Waals surface area contributed by atoms with Gasteiger partial charge in [0.15, 0.2) is 0 Å². The van der Waals surface area contributed by atoms with Crippen LogP contribution in [0.2, 0.25) is 0 Å². The zero-order chi connectivity index (χ0) is 15.7. The molecule has 1 aromatic carbocycles. The van der Waals surface area contributed by atoms with E-state index in [1.54, 1.807) is 0 Å². The Labute approximate surface area is 137 Å². The van der Waals surface area contributed by atoms with Gasteiger partial charge in [-0.3, -0.25) is 4.90 Å². The molecule has 22 heavy (non-hydrogen) atoms. The van der Waals surface area contributed by atoms with Crippen molar-refractivity contribution >= 4 is 17.1 Å². The van der Waals surface area contributed by atoms with E-state index < -0.39 is 11.4 Å². The molecule has 0 spiro atoms. The third-order valence-electron chi connectivity index (χ3n) is 4.69. The normalized spacial score (nSPS) is 29.0. The number of likely N-dealkylation sites (tertiary alicyclic amines) is 1. The molecule has 3 atom stereocenters. The summed E-state index contributed by atoms with van der Waals surface area (Å²) in [5.74, 6) is 1.23. The Bertz CT molecular complexity index is 538. The second kappa shape index (κ2) is 6.34. The summed E-state index contributed by atoms with van der Waals surface area (Å²) < 4.78 is 16.6. The van der Waals surface area contributed by atoms with Gasteiger partial charge in [0, 0.05) is 25.6 Å². The molecular weight excluding hydrogens is 292 g/mol. The first-order valence-electron chi connectivity index (χ1n) is 8.19. The summed E-state index contributed by atoms with van der Waals surface area (Å²) in [6, 6.07) is 10.7. The van der Waals surface area contributed by atoms with Gasteiger partial charge in [-0.15, -0.1) is 0 Å². The standard InChI is InChI=1S/C18H26N2OS/c1-18(2,3)22(21)19-17-10-9-15-12-20(13-16(15)17)11-14-7-5-4-6-8-14/h4-8,15-16H,9-13H2,1-3H3/t15-,16+,22?/m0/s1. The quantitative estimate of drug-likeness (QED) is 0.801. The van der Waals surface area contributed by atoms with Crippen LogP contribution in [0.4, 0.5) is 0 Å². The molecule has 3 rings (SSSR count). The van der Waals surface area contributed by atoms with Crippen LogP contribution >= 0.6 is 0 Å². The third-order valence-corrected chi connectivity index (χ3v) is 6.14. The number of rotatable bonds is 3. The minimum absolute atomic E-state index is 0.257. The lowest BCUT2D eigenvalue weighted by Gasteiger charge is -2.20. The van der Waals surface area contributed by atoms with Crippen LogP contribution in [-0.2, 0) is 17.9 Å². The Morgan fingerprint density at radius 2 is 1.95 bits per heavy atom. The molecule has 2 aliphatic rings. The molecule has 2 fully saturated rings. The predicted molar refractivity (Wildman–Crippen MR) is 93.3 cm³/mol. The van der Waals surface area contributed by atoms with Gasteiger partial charge < -0.3 is 4.55 Å². The third kappa shape index (κ3) is 3.55. The van der Waals surface area contributed by atoms with E-state index in [1.807, 2.05) is 20.8 Å². The molecule has 0 N–H and O–H groups in total. The Balaban J connectivity index is 1.65. The molecule has 1 unspecified atom stereocenters. The molecule has 3 nitrogen and oxygen atoms in total. The molecule has 1 heterocycles. The van der Waals surface area contributed by atoms with Crippen molar-refractivity contribution in [3.05, 3.63) is 35.9 Å². The highest BCUT2D eigenvalue weighted by atomic mass is 32.2. The summed E-state index contributed by atoms with van der Waals surface area (Å²) in [6.45, 7) is 9.23. The predicted octanol–water partition coefficient (Wildman–Crippen LogP) is 3.43. The molecular formula is C18H26N2OS. The summed E-state index contributed by atoms with van der Waals surface area (Å²) in [4.78, 5) is 2.53. The van der Waals surface area contributed by atoms with Crippen LogP contribution in [-0.4, -0.2) is 33.0 Å². The average molecular weight is 318 g/mol. The van der Waals surface area contributed by atoms with Gasteiger partial charge >= 0.3 is 0 Å². The fraction of sp³-hybridized carbons (Fsp3) is 0.611. The number of nitrogens with zero attached hydrogens (tertiary/aromatic N) is 2. The maximum absolute atomic E-state index is 12.3. The van der Waals surface area contributed by atoms with Crippen molar-refractivity contribution in [2.75, 3.05) is 13.1 Å². The highest BCUT2D eigenvalue weighted by molar-refractivity contribution is 7.91. The van der Waals surface area contributed by atoms with Crippen molar-refractivity contribution in [2.24, 2.45) is 16.2 Å². The van der Waals surface area contributed by atoms with Crippen molar-refractivity contribution in [3.63, 3.8) is 0 Å². The maximum Gasteiger partial charge on any atom is 0.144 e. The molecule has 1 saturated heterocycles. The van der Waals surface area contributed by atoms with Crippen molar-refractivity contribution in [2.45, 2.75) is 44.9 Å². The number of fused-ring (bicyclic) bond motifs is 1. The monoisotopic (exact) mass is 318 g/mol. The fourth-order valence-electron chi connectivity index (χ4n) is 3.48. The van der Waals surface area contributed by atoms with Gasteiger partial charge in [0.05, 0.1) is 5.71 Å². The van der Waals surface area contributed by atoms with Crippen LogP contribution in [0, 0.1) is 11.8 Å². The number of hydrogen-bond acceptors (Lipinski definition) is 3. The molecule has 4 heteroatoms. The second-order valence-electron chi connectivity index (χ2n) is 7.53. The van der Waals surface area contributed by atoms with E-state index in [0.29, 0.717) is 11.8 Å². The first-order chi connectivity index (χ1) is 10.4. The summed E-state index contributed by atoms with van der Waals surface area (Å²) in [7, 11) is 0. The molecule has 0 aromatic heterocycles. The minimum Gasteiger partial charge on any atom is -0.591 e. The zero-order valence-electron chi connectivity index (χ0n) is 13.8. The molecule has 1 saturated carbocycles. The van der Waals surface area contributed by atoms with Gasteiger partial charge in [0.25, 0.3) is 0 Å². The van der Waals surface area contributed by atoms with Crippen LogP contribution in [0.25, 0.3) is 0 Å². The van der Waals surface area contributed by atoms with Gasteiger partial charge in [-0.05, 0) is 45.1 Å². The summed E-state index contributed by atoms with van der Waals surface area (Å²) in [5.41, 5.74) is 2.58. The van der Waals surface area contributed by atoms with Gasteiger partial charge in [0.2, 0.25) is 0 Å². The van der Waals surface area contributed by atoms with E-state index in [2.05, 4.69) is 39.6 Å². The summed E-state index contributed by atoms with van der Waals surface area (Å²) in [6.07, 6.45) is 2.24. The Morgan fingerprint density at radius 3 is 2.64 bits per heavy atom. The van der Waals surface area contributed by atoms with Gasteiger partial charge in [-0.25, -0.2) is 0 Å². The SMILES string of the molecule is CC(C)(C)[S+]([O-])N=C1CC[C@H]2CN(Cc3ccccc3)C[C@@H]12. The Hall–Kier alpha value is -0.840. The van der Waals surface area contributed by atoms with Crippen molar-refractivity contribution in [3.8, 4) is 0 Å². The largest absolute Gasteiger partial charge is 0.591 e. The second-order valence-corrected chi connectivity index (χ2v) is 9.43. The Morgan fingerprint density at radius 1 is 1.23 bits per heavy atom. The van der Waals surface area contributed by atoms with E-state index in [4.69, 9.17) is 0 Å². The van der Waals surface area contributed by atoms with Gasteiger partial charge in [-0.2, -0.15) is 0 Å². The van der Waals surface area contributed by atoms with Crippen molar-refractivity contribution in [1.29, 1.82) is 0 Å². The highest BCUT2D eigenvalue weighted by Crippen LogP contribution is 2.37. The van der Waals surface area contributed by atoms with Crippen molar-refractivity contribution in [1.82, 2.24) is 4.90 Å². The van der Waals surface area contributed by atoms with E-state index >= 15 is 0 Å². The minimum atomic E-state index is -1.12. The van der Waals surface area contributed by atoms with Crippen LogP contribution in [0.5, 0.6) is 0 Å². The first-order valence-corrected chi connectivity index (χ1v) is 9.30. The smallest absolute Gasteiger partial charge is 0.144 e. The lowest BCUT2D eigenvalue weighted by atomic mass is 10.00. The molecule has 1 aliphatic heterocycles. The van der Waals surface area contributed by atoms with Crippen LogP contribution in [0.15, 0.2) is 34.7 Å². The van der Waals surface area contributed by atoms with E-state index in [1.165, 1.54) is 17.7 Å². The van der Waals surface area contributed by atoms with E-state index in [-0.39, 0.29) is 4.75 Å². The van der Waals surface area contributed by atoms with Crippen molar-refractivity contribution < 1.29 is 4.55 Å². The molecule has 1 aromatic rings. The fourth-order valence-corrected chi connectivity index (χ4v) is 4.19. The summed E-state index contributed by atoms with van der Waals surface area (Å²) in [5, 5.41) is 0. The average Bonchev–Trinajstić information content (AvgIpc) is 3.00. The number of hydrogen-bond donors (Lipinski definition) is 0. The Kier molecular flexibility index (Phi) is 4.62. The van der Waals surface area contributed by atoms with Gasteiger partial charge in [0.1, 0.15) is 16.1 Å². The first kappa shape index (κ1) is 16.0. The zero-order valence-corrected chi connectivity index (χ0v) is 14.6. The van der Waals surface area contributed by atoms with Crippen LogP contribution < -0.4 is 0 Å². The summed E-state index contributed by atoms with van der Waals surface area (Å²) >= 11 is -1.12.